The lowest BCUT2D eigenvalue weighted by Gasteiger charge is -2.14. The quantitative estimate of drug-likeness (QED) is 0.741. The summed E-state index contributed by atoms with van der Waals surface area (Å²) in [7, 11) is 0. The van der Waals surface area contributed by atoms with Gasteiger partial charge in [-0.25, -0.2) is 0 Å². The van der Waals surface area contributed by atoms with Gasteiger partial charge in [0, 0.05) is 17.6 Å². The van der Waals surface area contributed by atoms with E-state index in [1.807, 2.05) is 30.3 Å². The molecule has 24 heavy (non-hydrogen) atoms. The van der Waals surface area contributed by atoms with E-state index in [1.165, 1.54) is 5.57 Å². The number of halogens is 2. The van der Waals surface area contributed by atoms with E-state index in [-0.39, 0.29) is 24.9 Å². The number of carbonyl (C=O) groups is 1. The van der Waals surface area contributed by atoms with Crippen LogP contribution >= 0.6 is 28.3 Å². The van der Waals surface area contributed by atoms with E-state index in [4.69, 9.17) is 4.74 Å². The Morgan fingerprint density at radius 2 is 2.00 bits per heavy atom. The number of benzene rings is 2. The van der Waals surface area contributed by atoms with Crippen molar-refractivity contribution >= 4 is 45.0 Å². The fraction of sp³-hybridized carbons (Fsp3) is 0.278. The molecule has 0 radical (unpaired) electrons. The molecule has 2 N–H and O–H groups in total. The number of hydrogen-bond acceptors (Lipinski definition) is 3. The lowest BCUT2D eigenvalue weighted by molar-refractivity contribution is -0.122. The number of amides is 1. The molecule has 6 heteroatoms. The Balaban J connectivity index is 0.00000208. The average Bonchev–Trinajstić information content (AvgIpc) is 2.59. The molecule has 1 aliphatic rings. The molecule has 0 unspecified atom stereocenters. The minimum Gasteiger partial charge on any atom is -0.484 e. The van der Waals surface area contributed by atoms with Crippen molar-refractivity contribution in [1.82, 2.24) is 10.6 Å². The first-order valence-electron chi connectivity index (χ1n) is 7.68. The maximum absolute atomic E-state index is 11.9. The van der Waals surface area contributed by atoms with Crippen LogP contribution in [-0.4, -0.2) is 32.1 Å². The predicted molar refractivity (Wildman–Crippen MR) is 103 cm³/mol. The summed E-state index contributed by atoms with van der Waals surface area (Å²) in [5, 5.41) is 8.37. The molecule has 0 bridgehead atoms. The summed E-state index contributed by atoms with van der Waals surface area (Å²) < 4.78 is 6.64. The Bertz CT molecular complexity index is 749. The largest absolute Gasteiger partial charge is 0.484 e. The zero-order valence-electron chi connectivity index (χ0n) is 13.2. The Hall–Kier alpha value is -1.56. The lowest BCUT2D eigenvalue weighted by atomic mass is 10.1. The first kappa shape index (κ1) is 18.8. The third-order valence-electron chi connectivity index (χ3n) is 3.81. The highest BCUT2D eigenvalue weighted by molar-refractivity contribution is 9.10. The van der Waals surface area contributed by atoms with Gasteiger partial charge in [-0.3, -0.25) is 4.79 Å². The molecule has 0 spiro atoms. The fourth-order valence-corrected chi connectivity index (χ4v) is 2.91. The molecule has 1 heterocycles. The molecule has 128 valence electrons. The van der Waals surface area contributed by atoms with Gasteiger partial charge in [-0.05, 0) is 48.0 Å². The topological polar surface area (TPSA) is 50.4 Å². The van der Waals surface area contributed by atoms with Crippen LogP contribution in [-0.2, 0) is 4.79 Å². The van der Waals surface area contributed by atoms with Gasteiger partial charge >= 0.3 is 0 Å². The highest BCUT2D eigenvalue weighted by Crippen LogP contribution is 2.24. The van der Waals surface area contributed by atoms with E-state index in [2.05, 4.69) is 38.7 Å². The van der Waals surface area contributed by atoms with Gasteiger partial charge in [0.05, 0.1) is 0 Å². The van der Waals surface area contributed by atoms with Gasteiger partial charge in [0.25, 0.3) is 5.91 Å². The Morgan fingerprint density at radius 3 is 2.79 bits per heavy atom. The van der Waals surface area contributed by atoms with Gasteiger partial charge in [0.2, 0.25) is 0 Å². The zero-order chi connectivity index (χ0) is 16.1. The van der Waals surface area contributed by atoms with Crippen LogP contribution in [0.1, 0.15) is 6.42 Å². The van der Waals surface area contributed by atoms with Crippen LogP contribution in [0.2, 0.25) is 0 Å². The number of nitrogens with one attached hydrogen (secondary N) is 2. The van der Waals surface area contributed by atoms with Crippen LogP contribution in [0, 0.1) is 0 Å². The molecular formula is C18H20BrClN2O2. The second kappa shape index (κ2) is 9.06. The van der Waals surface area contributed by atoms with Crippen molar-refractivity contribution in [2.45, 2.75) is 6.42 Å². The number of rotatable bonds is 5. The zero-order valence-corrected chi connectivity index (χ0v) is 15.6. The molecule has 0 aromatic heterocycles. The van der Waals surface area contributed by atoms with Gasteiger partial charge in [-0.1, -0.05) is 39.7 Å². The first-order chi connectivity index (χ1) is 11.2. The summed E-state index contributed by atoms with van der Waals surface area (Å²) >= 11 is 3.46. The average molecular weight is 412 g/mol. The second-order valence-corrected chi connectivity index (χ2v) is 6.45. The van der Waals surface area contributed by atoms with Crippen molar-refractivity contribution in [3.05, 3.63) is 52.5 Å². The standard InChI is InChI=1S/C18H19BrN2O2.ClH/c19-16-3-1-15-10-17(4-2-14(15)9-16)23-12-18(22)21-11-13-5-7-20-8-6-13;/h1-5,9-10,20H,6-8,11-12H2,(H,21,22);1H. The maximum Gasteiger partial charge on any atom is 0.258 e. The van der Waals surface area contributed by atoms with E-state index in [1.54, 1.807) is 0 Å². The van der Waals surface area contributed by atoms with Gasteiger partial charge < -0.3 is 15.4 Å². The molecule has 3 rings (SSSR count). The van der Waals surface area contributed by atoms with Crippen LogP contribution < -0.4 is 15.4 Å². The summed E-state index contributed by atoms with van der Waals surface area (Å²) in [4.78, 5) is 11.9. The van der Waals surface area contributed by atoms with E-state index in [9.17, 15) is 4.79 Å². The van der Waals surface area contributed by atoms with Crippen molar-refractivity contribution in [3.63, 3.8) is 0 Å². The first-order valence-corrected chi connectivity index (χ1v) is 8.47. The van der Waals surface area contributed by atoms with E-state index in [0.29, 0.717) is 12.3 Å². The van der Waals surface area contributed by atoms with Crippen LogP contribution in [0.25, 0.3) is 10.8 Å². The second-order valence-electron chi connectivity index (χ2n) is 5.54. The van der Waals surface area contributed by atoms with Gasteiger partial charge in [-0.15, -0.1) is 12.4 Å². The highest BCUT2D eigenvalue weighted by Gasteiger charge is 2.07. The SMILES string of the molecule is Cl.O=C(COc1ccc2cc(Br)ccc2c1)NCC1=CCNCC1. The number of fused-ring (bicyclic) bond motifs is 1. The molecular weight excluding hydrogens is 392 g/mol. The molecule has 4 nitrogen and oxygen atoms in total. The van der Waals surface area contributed by atoms with E-state index < -0.39 is 0 Å². The molecule has 0 saturated heterocycles. The van der Waals surface area contributed by atoms with Crippen molar-refractivity contribution in [2.24, 2.45) is 0 Å². The molecule has 0 aliphatic carbocycles. The minimum atomic E-state index is -0.0969. The molecule has 2 aromatic carbocycles. The smallest absolute Gasteiger partial charge is 0.258 e. The van der Waals surface area contributed by atoms with E-state index in [0.717, 1.165) is 34.8 Å². The molecule has 2 aromatic rings. The van der Waals surface area contributed by atoms with Crippen LogP contribution in [0.15, 0.2) is 52.5 Å². The van der Waals surface area contributed by atoms with Gasteiger partial charge in [-0.2, -0.15) is 0 Å². The van der Waals surface area contributed by atoms with Crippen molar-refractivity contribution in [3.8, 4) is 5.75 Å². The summed E-state index contributed by atoms with van der Waals surface area (Å²) in [6.07, 6.45) is 3.12. The van der Waals surface area contributed by atoms with Gasteiger partial charge in [0.1, 0.15) is 5.75 Å². The third-order valence-corrected chi connectivity index (χ3v) is 4.31. The van der Waals surface area contributed by atoms with Crippen molar-refractivity contribution in [1.29, 1.82) is 0 Å². The summed E-state index contributed by atoms with van der Waals surface area (Å²) in [6, 6.07) is 11.9. The summed E-state index contributed by atoms with van der Waals surface area (Å²) in [6.45, 7) is 2.50. The Labute approximate surface area is 156 Å². The van der Waals surface area contributed by atoms with Crippen molar-refractivity contribution < 1.29 is 9.53 Å². The lowest BCUT2D eigenvalue weighted by Crippen LogP contribution is -2.32. The van der Waals surface area contributed by atoms with Gasteiger partial charge in [0.15, 0.2) is 6.61 Å². The number of hydrogen-bond donors (Lipinski definition) is 2. The molecule has 1 aliphatic heterocycles. The Morgan fingerprint density at radius 1 is 1.21 bits per heavy atom. The summed E-state index contributed by atoms with van der Waals surface area (Å²) in [5.74, 6) is 0.608. The number of carbonyl (C=O) groups excluding carboxylic acids is 1. The molecule has 0 saturated carbocycles. The maximum atomic E-state index is 11.9. The molecule has 0 atom stereocenters. The van der Waals surface area contributed by atoms with Crippen LogP contribution in [0.4, 0.5) is 0 Å². The third kappa shape index (κ3) is 5.23. The van der Waals surface area contributed by atoms with Crippen LogP contribution in [0.5, 0.6) is 5.75 Å². The number of ether oxygens (including phenoxy) is 1. The van der Waals surface area contributed by atoms with Crippen LogP contribution in [0.3, 0.4) is 0 Å². The predicted octanol–water partition coefficient (Wildman–Crippen LogP) is 3.44. The molecule has 0 fully saturated rings. The van der Waals surface area contributed by atoms with Crippen molar-refractivity contribution in [2.75, 3.05) is 26.2 Å². The Kier molecular flexibility index (Phi) is 7.09. The minimum absolute atomic E-state index is 0. The highest BCUT2D eigenvalue weighted by atomic mass is 79.9. The molecule has 1 amide bonds. The van der Waals surface area contributed by atoms with E-state index >= 15 is 0 Å². The fourth-order valence-electron chi connectivity index (χ4n) is 2.53. The summed E-state index contributed by atoms with van der Waals surface area (Å²) in [5.41, 5.74) is 1.27. The normalized spacial score (nSPS) is 13.8. The monoisotopic (exact) mass is 410 g/mol.